The number of thiophene rings is 1. The second-order valence-electron chi connectivity index (χ2n) is 4.74. The minimum absolute atomic E-state index is 0.0545. The first-order valence-corrected chi connectivity index (χ1v) is 8.69. The minimum Gasteiger partial charge on any atom is -0.345 e. The Bertz CT molecular complexity index is 749. The Labute approximate surface area is 127 Å². The molecule has 0 spiro atoms. The van der Waals surface area contributed by atoms with E-state index < -0.39 is 10.0 Å². The number of aryl methyl sites for hydroxylation is 1. The molecule has 1 amide bonds. The second kappa shape index (κ2) is 5.97. The fourth-order valence-corrected chi connectivity index (χ4v) is 3.24. The van der Waals surface area contributed by atoms with Crippen molar-refractivity contribution in [3.05, 3.63) is 51.7 Å². The van der Waals surface area contributed by atoms with E-state index in [0.717, 1.165) is 11.1 Å². The predicted molar refractivity (Wildman–Crippen MR) is 82.8 cm³/mol. The first-order chi connectivity index (χ1) is 9.79. The maximum Gasteiger partial charge on any atom is 0.262 e. The van der Waals surface area contributed by atoms with E-state index in [2.05, 4.69) is 5.32 Å². The minimum atomic E-state index is -3.70. The van der Waals surface area contributed by atoms with E-state index in [-0.39, 0.29) is 16.8 Å². The third-order valence-corrected chi connectivity index (χ3v) is 5.07. The van der Waals surface area contributed by atoms with Gasteiger partial charge in [-0.3, -0.25) is 4.79 Å². The molecule has 5 nitrogen and oxygen atoms in total. The molecular weight excluding hydrogens is 308 g/mol. The number of rotatable bonds is 4. The van der Waals surface area contributed by atoms with Gasteiger partial charge in [-0.15, -0.1) is 11.3 Å². The van der Waals surface area contributed by atoms with Crippen LogP contribution in [-0.2, 0) is 10.0 Å². The molecule has 3 N–H and O–H groups in total. The number of benzene rings is 1. The lowest BCUT2D eigenvalue weighted by atomic mass is 10.1. The molecule has 0 saturated heterocycles. The number of hydrogen-bond acceptors (Lipinski definition) is 4. The standard InChI is InChI=1S/C14H16N2O3S2/c1-9-7-8-20-13(9)14(17)16-10(2)11-3-5-12(6-4-11)21(15,18)19/h3-8,10H,1-2H3,(H,16,17)(H2,15,18,19)/t10-/m0/s1. The maximum atomic E-state index is 12.1. The summed E-state index contributed by atoms with van der Waals surface area (Å²) in [6.45, 7) is 3.73. The Morgan fingerprint density at radius 1 is 1.24 bits per heavy atom. The van der Waals surface area contributed by atoms with E-state index in [1.165, 1.54) is 23.5 Å². The van der Waals surface area contributed by atoms with Gasteiger partial charge in [0.25, 0.3) is 5.91 Å². The van der Waals surface area contributed by atoms with Crippen molar-refractivity contribution in [2.24, 2.45) is 5.14 Å². The van der Waals surface area contributed by atoms with Crippen molar-refractivity contribution in [2.75, 3.05) is 0 Å². The molecule has 0 aliphatic carbocycles. The van der Waals surface area contributed by atoms with Crippen molar-refractivity contribution >= 4 is 27.3 Å². The fourth-order valence-electron chi connectivity index (χ4n) is 1.90. The van der Waals surface area contributed by atoms with Crippen molar-refractivity contribution in [3.8, 4) is 0 Å². The van der Waals surface area contributed by atoms with Gasteiger partial charge in [0.2, 0.25) is 10.0 Å². The van der Waals surface area contributed by atoms with E-state index in [1.807, 2.05) is 25.3 Å². The molecule has 0 bridgehead atoms. The molecule has 0 aliphatic rings. The van der Waals surface area contributed by atoms with Crippen LogP contribution in [0.25, 0.3) is 0 Å². The van der Waals surface area contributed by atoms with Crippen LogP contribution in [0.1, 0.15) is 33.8 Å². The van der Waals surface area contributed by atoms with Gasteiger partial charge >= 0.3 is 0 Å². The van der Waals surface area contributed by atoms with E-state index in [1.54, 1.807) is 12.1 Å². The van der Waals surface area contributed by atoms with Crippen molar-refractivity contribution in [1.29, 1.82) is 0 Å². The van der Waals surface area contributed by atoms with Crippen molar-refractivity contribution in [2.45, 2.75) is 24.8 Å². The summed E-state index contributed by atoms with van der Waals surface area (Å²) in [6, 6.07) is 7.82. The molecule has 0 saturated carbocycles. The van der Waals surface area contributed by atoms with Gasteiger partial charge in [-0.2, -0.15) is 0 Å². The van der Waals surface area contributed by atoms with Crippen molar-refractivity contribution in [3.63, 3.8) is 0 Å². The van der Waals surface area contributed by atoms with Gasteiger partial charge in [0, 0.05) is 0 Å². The highest BCUT2D eigenvalue weighted by Gasteiger charge is 2.15. The molecule has 0 radical (unpaired) electrons. The normalized spacial score (nSPS) is 12.9. The highest BCUT2D eigenvalue weighted by Crippen LogP contribution is 2.19. The molecule has 1 heterocycles. The van der Waals surface area contributed by atoms with Crippen LogP contribution in [0.2, 0.25) is 0 Å². The van der Waals surface area contributed by atoms with Crippen LogP contribution in [0.3, 0.4) is 0 Å². The number of nitrogens with one attached hydrogen (secondary N) is 1. The van der Waals surface area contributed by atoms with E-state index in [9.17, 15) is 13.2 Å². The lowest BCUT2D eigenvalue weighted by molar-refractivity contribution is 0.0943. The molecule has 1 atom stereocenters. The molecule has 0 unspecified atom stereocenters. The third kappa shape index (κ3) is 3.69. The quantitative estimate of drug-likeness (QED) is 0.903. The van der Waals surface area contributed by atoms with Crippen LogP contribution in [0.5, 0.6) is 0 Å². The van der Waals surface area contributed by atoms with Crippen LogP contribution in [0, 0.1) is 6.92 Å². The highest BCUT2D eigenvalue weighted by atomic mass is 32.2. The average Bonchev–Trinajstić information content (AvgIpc) is 2.84. The molecule has 2 aromatic rings. The summed E-state index contributed by atoms with van der Waals surface area (Å²) in [5.74, 6) is -0.134. The average molecular weight is 324 g/mol. The van der Waals surface area contributed by atoms with Gasteiger partial charge in [-0.1, -0.05) is 12.1 Å². The Morgan fingerprint density at radius 3 is 2.33 bits per heavy atom. The Balaban J connectivity index is 2.12. The smallest absolute Gasteiger partial charge is 0.262 e. The molecule has 112 valence electrons. The lowest BCUT2D eigenvalue weighted by Gasteiger charge is -2.14. The molecule has 7 heteroatoms. The van der Waals surface area contributed by atoms with E-state index in [0.29, 0.717) is 4.88 Å². The fraction of sp³-hybridized carbons (Fsp3) is 0.214. The highest BCUT2D eigenvalue weighted by molar-refractivity contribution is 7.89. The second-order valence-corrected chi connectivity index (χ2v) is 7.22. The number of nitrogens with two attached hydrogens (primary N) is 1. The Kier molecular flexibility index (Phi) is 4.46. The van der Waals surface area contributed by atoms with Gasteiger partial charge < -0.3 is 5.32 Å². The van der Waals surface area contributed by atoms with Crippen LogP contribution in [0.15, 0.2) is 40.6 Å². The SMILES string of the molecule is Cc1ccsc1C(=O)N[C@@H](C)c1ccc(S(N)(=O)=O)cc1. The van der Waals surface area contributed by atoms with Gasteiger partial charge in [0.1, 0.15) is 0 Å². The first kappa shape index (κ1) is 15.7. The summed E-state index contributed by atoms with van der Waals surface area (Å²) < 4.78 is 22.4. The molecule has 1 aromatic carbocycles. The summed E-state index contributed by atoms with van der Waals surface area (Å²) >= 11 is 1.39. The molecule has 0 fully saturated rings. The van der Waals surface area contributed by atoms with E-state index in [4.69, 9.17) is 5.14 Å². The van der Waals surface area contributed by atoms with E-state index >= 15 is 0 Å². The maximum absolute atomic E-state index is 12.1. The number of primary sulfonamides is 1. The van der Waals surface area contributed by atoms with Gasteiger partial charge in [-0.25, -0.2) is 13.6 Å². The summed E-state index contributed by atoms with van der Waals surface area (Å²) in [7, 11) is -3.70. The summed E-state index contributed by atoms with van der Waals surface area (Å²) in [5, 5.41) is 9.81. The van der Waals surface area contributed by atoms with Crippen LogP contribution >= 0.6 is 11.3 Å². The first-order valence-electron chi connectivity index (χ1n) is 6.27. The topological polar surface area (TPSA) is 89.3 Å². The number of carbonyl (C=O) groups is 1. The zero-order chi connectivity index (χ0) is 15.6. The van der Waals surface area contributed by atoms with Crippen LogP contribution < -0.4 is 10.5 Å². The van der Waals surface area contributed by atoms with Crippen molar-refractivity contribution < 1.29 is 13.2 Å². The number of carbonyl (C=O) groups excluding carboxylic acids is 1. The van der Waals surface area contributed by atoms with Gasteiger partial charge in [0.15, 0.2) is 0 Å². The summed E-state index contributed by atoms with van der Waals surface area (Å²) in [4.78, 5) is 12.9. The monoisotopic (exact) mass is 324 g/mol. The predicted octanol–water partition coefficient (Wildman–Crippen LogP) is 2.19. The van der Waals surface area contributed by atoms with Gasteiger partial charge in [0.05, 0.1) is 15.8 Å². The molecule has 2 rings (SSSR count). The zero-order valence-electron chi connectivity index (χ0n) is 11.7. The Morgan fingerprint density at radius 2 is 1.86 bits per heavy atom. The van der Waals surface area contributed by atoms with Crippen molar-refractivity contribution in [1.82, 2.24) is 5.32 Å². The summed E-state index contributed by atoms with van der Waals surface area (Å²) in [6.07, 6.45) is 0. The molecule has 1 aromatic heterocycles. The lowest BCUT2D eigenvalue weighted by Crippen LogP contribution is -2.26. The van der Waals surface area contributed by atoms with Crippen LogP contribution in [0.4, 0.5) is 0 Å². The van der Waals surface area contributed by atoms with Gasteiger partial charge in [-0.05, 0) is 48.6 Å². The zero-order valence-corrected chi connectivity index (χ0v) is 13.3. The number of amides is 1. The number of sulfonamides is 1. The summed E-state index contributed by atoms with van der Waals surface area (Å²) in [5.41, 5.74) is 1.75. The molecule has 0 aliphatic heterocycles. The molecule has 21 heavy (non-hydrogen) atoms. The number of hydrogen-bond donors (Lipinski definition) is 2. The molecular formula is C14H16N2O3S2. The third-order valence-electron chi connectivity index (χ3n) is 3.12. The Hall–Kier alpha value is -1.70. The van der Waals surface area contributed by atoms with Crippen LogP contribution in [-0.4, -0.2) is 14.3 Å². The largest absolute Gasteiger partial charge is 0.345 e.